The van der Waals surface area contributed by atoms with E-state index in [0.717, 1.165) is 32.9 Å². The fourth-order valence-electron chi connectivity index (χ4n) is 6.46. The first-order valence-corrected chi connectivity index (χ1v) is 15.3. The number of aromatic nitrogens is 2. The van der Waals surface area contributed by atoms with Crippen molar-refractivity contribution in [3.63, 3.8) is 0 Å². The summed E-state index contributed by atoms with van der Waals surface area (Å²) in [4.78, 5) is 11.2. The highest BCUT2D eigenvalue weighted by Crippen LogP contribution is 2.41. The zero-order valence-corrected chi connectivity index (χ0v) is 24.0. The second kappa shape index (κ2) is 9.59. The highest BCUT2D eigenvalue weighted by Gasteiger charge is 2.17. The van der Waals surface area contributed by atoms with E-state index in [-0.39, 0.29) is 0 Å². The SMILES string of the molecule is c1ccc(-c2nc(-c3ccc(-c4ccc5c6ccccc6c6ccccc6c5c4)cc3)c3c(n2)sc2ccccc23)cc1. The maximum absolute atomic E-state index is 5.17. The number of benzene rings is 7. The lowest BCUT2D eigenvalue weighted by molar-refractivity contribution is 1.24. The number of hydrogen-bond donors (Lipinski definition) is 0. The lowest BCUT2D eigenvalue weighted by Crippen LogP contribution is -1.93. The molecule has 0 bridgehead atoms. The Morgan fingerprint density at radius 3 is 1.60 bits per heavy atom. The molecule has 2 heterocycles. The Bertz CT molecular complexity index is 2460. The molecule has 2 aromatic heterocycles. The zero-order chi connectivity index (χ0) is 28.3. The molecule has 0 atom stereocenters. The van der Waals surface area contributed by atoms with E-state index in [4.69, 9.17) is 9.97 Å². The second-order valence-electron chi connectivity index (χ2n) is 11.0. The average Bonchev–Trinajstić information content (AvgIpc) is 3.47. The summed E-state index contributed by atoms with van der Waals surface area (Å²) < 4.78 is 1.23. The van der Waals surface area contributed by atoms with Crippen LogP contribution in [0.3, 0.4) is 0 Å². The van der Waals surface area contributed by atoms with Crippen molar-refractivity contribution in [1.82, 2.24) is 9.97 Å². The fourth-order valence-corrected chi connectivity index (χ4v) is 7.53. The summed E-state index contributed by atoms with van der Waals surface area (Å²) in [5.41, 5.74) is 5.48. The average molecular weight is 565 g/mol. The van der Waals surface area contributed by atoms with Crippen LogP contribution >= 0.6 is 11.3 Å². The molecular formula is C40H24N2S. The summed E-state index contributed by atoms with van der Waals surface area (Å²) >= 11 is 1.73. The summed E-state index contributed by atoms with van der Waals surface area (Å²) in [6.45, 7) is 0. The predicted molar refractivity (Wildman–Crippen MR) is 184 cm³/mol. The molecule has 0 aliphatic carbocycles. The Morgan fingerprint density at radius 2 is 0.907 bits per heavy atom. The van der Waals surface area contributed by atoms with Gasteiger partial charge in [0.25, 0.3) is 0 Å². The number of fused-ring (bicyclic) bond motifs is 9. The van der Waals surface area contributed by atoms with Crippen LogP contribution in [0.1, 0.15) is 0 Å². The minimum absolute atomic E-state index is 0.757. The van der Waals surface area contributed by atoms with Crippen molar-refractivity contribution in [2.24, 2.45) is 0 Å². The van der Waals surface area contributed by atoms with Crippen molar-refractivity contribution >= 4 is 64.0 Å². The minimum atomic E-state index is 0.757. The van der Waals surface area contributed by atoms with Crippen LogP contribution in [0.4, 0.5) is 0 Å². The Kier molecular flexibility index (Phi) is 5.40. The lowest BCUT2D eigenvalue weighted by Gasteiger charge is -2.12. The molecule has 0 aliphatic rings. The Labute approximate surface area is 252 Å². The maximum atomic E-state index is 5.17. The van der Waals surface area contributed by atoms with E-state index >= 15 is 0 Å². The minimum Gasteiger partial charge on any atom is -0.227 e. The van der Waals surface area contributed by atoms with Crippen LogP contribution in [0.25, 0.3) is 86.4 Å². The quantitative estimate of drug-likeness (QED) is 0.199. The van der Waals surface area contributed by atoms with Gasteiger partial charge in [-0.25, -0.2) is 9.97 Å². The number of rotatable bonds is 3. The van der Waals surface area contributed by atoms with Gasteiger partial charge in [-0.15, -0.1) is 11.3 Å². The van der Waals surface area contributed by atoms with Crippen LogP contribution in [0.5, 0.6) is 0 Å². The van der Waals surface area contributed by atoms with E-state index in [1.165, 1.54) is 53.5 Å². The van der Waals surface area contributed by atoms with Gasteiger partial charge >= 0.3 is 0 Å². The molecule has 0 saturated carbocycles. The van der Waals surface area contributed by atoms with Crippen LogP contribution in [-0.4, -0.2) is 9.97 Å². The van der Waals surface area contributed by atoms with Crippen molar-refractivity contribution < 1.29 is 0 Å². The van der Waals surface area contributed by atoms with Gasteiger partial charge < -0.3 is 0 Å². The first-order valence-electron chi connectivity index (χ1n) is 14.5. The maximum Gasteiger partial charge on any atom is 0.161 e. The molecule has 0 fully saturated rings. The van der Waals surface area contributed by atoms with Gasteiger partial charge in [0.1, 0.15) is 4.83 Å². The number of thiophene rings is 1. The van der Waals surface area contributed by atoms with Crippen molar-refractivity contribution in [3.05, 3.63) is 146 Å². The zero-order valence-electron chi connectivity index (χ0n) is 23.2. The highest BCUT2D eigenvalue weighted by molar-refractivity contribution is 7.25. The molecule has 43 heavy (non-hydrogen) atoms. The molecular weight excluding hydrogens is 541 g/mol. The van der Waals surface area contributed by atoms with Gasteiger partial charge in [-0.2, -0.15) is 0 Å². The summed E-state index contributed by atoms with van der Waals surface area (Å²) in [6, 6.07) is 52.0. The van der Waals surface area contributed by atoms with Crippen LogP contribution in [0.2, 0.25) is 0 Å². The fraction of sp³-hybridized carbons (Fsp3) is 0. The number of hydrogen-bond acceptors (Lipinski definition) is 3. The first-order chi connectivity index (χ1) is 21.3. The first kappa shape index (κ1) is 24.2. The predicted octanol–water partition coefficient (Wildman–Crippen LogP) is 11.3. The Hall–Kier alpha value is -5.38. The third-order valence-corrected chi connectivity index (χ3v) is 9.57. The van der Waals surface area contributed by atoms with Crippen molar-refractivity contribution in [2.75, 3.05) is 0 Å². The standard InChI is InChI=1S/C40H24N2S/c1-2-10-27(11-3-1)39-41-38(37-34-16-8-9-17-36(34)43-40(37)42-39)26-20-18-25(19-21-26)28-22-23-33-31-14-5-4-12-29(31)30-13-6-7-15-32(30)35(33)24-28/h1-24H. The van der Waals surface area contributed by atoms with Crippen LogP contribution in [0.15, 0.2) is 146 Å². The van der Waals surface area contributed by atoms with E-state index in [9.17, 15) is 0 Å². The highest BCUT2D eigenvalue weighted by atomic mass is 32.1. The van der Waals surface area contributed by atoms with Crippen LogP contribution in [0, 0.1) is 0 Å². The van der Waals surface area contributed by atoms with E-state index in [0.29, 0.717) is 0 Å². The van der Waals surface area contributed by atoms with Crippen LogP contribution in [-0.2, 0) is 0 Å². The molecule has 3 heteroatoms. The molecule has 200 valence electrons. The monoisotopic (exact) mass is 564 g/mol. The largest absolute Gasteiger partial charge is 0.227 e. The molecule has 0 N–H and O–H groups in total. The number of nitrogens with zero attached hydrogens (tertiary/aromatic N) is 2. The summed E-state index contributed by atoms with van der Waals surface area (Å²) in [5, 5.41) is 10.1. The van der Waals surface area contributed by atoms with E-state index < -0.39 is 0 Å². The van der Waals surface area contributed by atoms with Gasteiger partial charge in [0.15, 0.2) is 5.82 Å². The van der Waals surface area contributed by atoms with Crippen molar-refractivity contribution in [2.45, 2.75) is 0 Å². The summed E-state index contributed by atoms with van der Waals surface area (Å²) in [5.74, 6) is 0.757. The normalized spacial score (nSPS) is 11.7. The second-order valence-corrected chi connectivity index (χ2v) is 12.0. The van der Waals surface area contributed by atoms with Gasteiger partial charge in [-0.1, -0.05) is 133 Å². The van der Waals surface area contributed by atoms with E-state index in [2.05, 4.69) is 127 Å². The third-order valence-electron chi connectivity index (χ3n) is 8.51. The van der Waals surface area contributed by atoms with E-state index in [1.54, 1.807) is 11.3 Å². The Morgan fingerprint density at radius 1 is 0.372 bits per heavy atom. The molecule has 2 nitrogen and oxygen atoms in total. The van der Waals surface area contributed by atoms with E-state index in [1.807, 2.05) is 18.2 Å². The van der Waals surface area contributed by atoms with Gasteiger partial charge in [-0.3, -0.25) is 0 Å². The topological polar surface area (TPSA) is 25.8 Å². The van der Waals surface area contributed by atoms with Crippen LogP contribution < -0.4 is 0 Å². The van der Waals surface area contributed by atoms with Gasteiger partial charge in [0.05, 0.1) is 5.69 Å². The molecule has 0 radical (unpaired) electrons. The molecule has 0 saturated heterocycles. The van der Waals surface area contributed by atoms with Gasteiger partial charge in [0.2, 0.25) is 0 Å². The molecule has 9 aromatic rings. The van der Waals surface area contributed by atoms with Crippen molar-refractivity contribution in [1.29, 1.82) is 0 Å². The third kappa shape index (κ3) is 3.86. The molecule has 7 aromatic carbocycles. The molecule has 0 aliphatic heterocycles. The molecule has 0 unspecified atom stereocenters. The summed E-state index contributed by atoms with van der Waals surface area (Å²) in [6.07, 6.45) is 0. The Balaban J connectivity index is 1.21. The molecule has 0 spiro atoms. The lowest BCUT2D eigenvalue weighted by atomic mass is 9.92. The van der Waals surface area contributed by atoms with Gasteiger partial charge in [-0.05, 0) is 55.6 Å². The van der Waals surface area contributed by atoms with Gasteiger partial charge in [0, 0.05) is 26.6 Å². The molecule has 0 amide bonds. The van der Waals surface area contributed by atoms with Crippen molar-refractivity contribution in [3.8, 4) is 33.8 Å². The molecule has 9 rings (SSSR count). The summed E-state index contributed by atoms with van der Waals surface area (Å²) in [7, 11) is 0. The smallest absolute Gasteiger partial charge is 0.161 e.